The van der Waals surface area contributed by atoms with Gasteiger partial charge in [0.15, 0.2) is 0 Å². The normalized spacial score (nSPS) is 20.1. The molecule has 1 atom stereocenters. The van der Waals surface area contributed by atoms with Gasteiger partial charge in [0.05, 0.1) is 11.7 Å². The number of hydrogen-bond donors (Lipinski definition) is 1. The molecule has 0 aliphatic carbocycles. The van der Waals surface area contributed by atoms with Gasteiger partial charge in [-0.15, -0.1) is 0 Å². The second-order valence-electron chi connectivity index (χ2n) is 4.41. The molecule has 17 heavy (non-hydrogen) atoms. The van der Waals surface area contributed by atoms with Crippen LogP contribution in [0, 0.1) is 0 Å². The molecule has 94 valence electrons. The van der Waals surface area contributed by atoms with Crippen LogP contribution in [0.3, 0.4) is 0 Å². The SMILES string of the molecule is C[C@H](c1cccc(C(F)(F)F)c1)N1CC(O)C1. The number of alkyl halides is 3. The molecule has 5 heteroatoms. The lowest BCUT2D eigenvalue weighted by atomic mass is 10.00. The average molecular weight is 245 g/mol. The number of halogens is 3. The maximum atomic E-state index is 12.5. The van der Waals surface area contributed by atoms with Crippen molar-refractivity contribution in [3.05, 3.63) is 35.4 Å². The summed E-state index contributed by atoms with van der Waals surface area (Å²) < 4.78 is 37.6. The molecule has 1 heterocycles. The largest absolute Gasteiger partial charge is 0.416 e. The van der Waals surface area contributed by atoms with E-state index in [9.17, 15) is 18.3 Å². The highest BCUT2D eigenvalue weighted by molar-refractivity contribution is 5.28. The minimum atomic E-state index is -4.30. The second-order valence-corrected chi connectivity index (χ2v) is 4.41. The van der Waals surface area contributed by atoms with Crippen LogP contribution in [-0.2, 0) is 6.18 Å². The van der Waals surface area contributed by atoms with Gasteiger partial charge in [0.1, 0.15) is 0 Å². The van der Waals surface area contributed by atoms with E-state index < -0.39 is 11.7 Å². The Morgan fingerprint density at radius 3 is 2.53 bits per heavy atom. The van der Waals surface area contributed by atoms with E-state index in [1.807, 2.05) is 11.8 Å². The topological polar surface area (TPSA) is 23.5 Å². The summed E-state index contributed by atoms with van der Waals surface area (Å²) in [6.07, 6.45) is -4.65. The van der Waals surface area contributed by atoms with Crippen LogP contribution in [0.5, 0.6) is 0 Å². The zero-order valence-corrected chi connectivity index (χ0v) is 9.41. The first-order valence-corrected chi connectivity index (χ1v) is 5.47. The third-order valence-corrected chi connectivity index (χ3v) is 3.13. The minimum absolute atomic E-state index is 0.0966. The molecule has 1 fully saturated rings. The second kappa shape index (κ2) is 4.31. The van der Waals surface area contributed by atoms with Gasteiger partial charge in [-0.2, -0.15) is 13.2 Å². The Balaban J connectivity index is 2.16. The van der Waals surface area contributed by atoms with E-state index in [1.54, 1.807) is 6.07 Å². The van der Waals surface area contributed by atoms with E-state index in [2.05, 4.69) is 0 Å². The lowest BCUT2D eigenvalue weighted by Crippen LogP contribution is -2.51. The fraction of sp³-hybridized carbons (Fsp3) is 0.500. The van der Waals surface area contributed by atoms with Crippen molar-refractivity contribution in [3.8, 4) is 0 Å². The van der Waals surface area contributed by atoms with Crippen LogP contribution in [0.1, 0.15) is 24.1 Å². The van der Waals surface area contributed by atoms with E-state index >= 15 is 0 Å². The van der Waals surface area contributed by atoms with E-state index in [1.165, 1.54) is 12.1 Å². The Labute approximate surface area is 97.7 Å². The number of nitrogens with zero attached hydrogens (tertiary/aromatic N) is 1. The molecule has 0 radical (unpaired) electrons. The van der Waals surface area contributed by atoms with E-state index in [-0.39, 0.29) is 12.1 Å². The molecule has 2 nitrogen and oxygen atoms in total. The van der Waals surface area contributed by atoms with Crippen LogP contribution in [0.15, 0.2) is 24.3 Å². The van der Waals surface area contributed by atoms with E-state index in [0.29, 0.717) is 18.7 Å². The Bertz CT molecular complexity index is 399. The number of aliphatic hydroxyl groups is 1. The smallest absolute Gasteiger partial charge is 0.390 e. The first-order chi connectivity index (χ1) is 7.88. The van der Waals surface area contributed by atoms with Crippen molar-refractivity contribution < 1.29 is 18.3 Å². The van der Waals surface area contributed by atoms with E-state index in [0.717, 1.165) is 6.07 Å². The molecule has 1 aromatic carbocycles. The Morgan fingerprint density at radius 1 is 1.35 bits per heavy atom. The summed E-state index contributed by atoms with van der Waals surface area (Å²) in [5.74, 6) is 0. The monoisotopic (exact) mass is 245 g/mol. The van der Waals surface area contributed by atoms with Gasteiger partial charge in [0, 0.05) is 19.1 Å². The van der Waals surface area contributed by atoms with Crippen LogP contribution in [0.4, 0.5) is 13.2 Å². The maximum Gasteiger partial charge on any atom is 0.416 e. The molecule has 0 bridgehead atoms. The number of aliphatic hydroxyl groups excluding tert-OH is 1. The summed E-state index contributed by atoms with van der Waals surface area (Å²) in [6, 6.07) is 5.26. The predicted octanol–water partition coefficient (Wildman–Crippen LogP) is 2.44. The molecule has 2 rings (SSSR count). The molecule has 0 unspecified atom stereocenters. The van der Waals surface area contributed by atoms with Gasteiger partial charge < -0.3 is 5.11 Å². The first-order valence-electron chi connectivity index (χ1n) is 5.47. The van der Waals surface area contributed by atoms with Gasteiger partial charge in [-0.05, 0) is 24.6 Å². The lowest BCUT2D eigenvalue weighted by Gasteiger charge is -2.40. The number of rotatable bonds is 2. The summed E-state index contributed by atoms with van der Waals surface area (Å²) in [5, 5.41) is 9.18. The number of benzene rings is 1. The molecule has 0 amide bonds. The number of hydrogen-bond acceptors (Lipinski definition) is 2. The summed E-state index contributed by atoms with van der Waals surface area (Å²) in [7, 11) is 0. The molecule has 1 N–H and O–H groups in total. The highest BCUT2D eigenvalue weighted by Crippen LogP contribution is 2.32. The van der Waals surface area contributed by atoms with Crippen LogP contribution in [0.2, 0.25) is 0 Å². The number of β-amino-alcohol motifs (C(OH)–C–C–N with tert-alkyl or cyclic N) is 1. The van der Waals surface area contributed by atoms with Gasteiger partial charge in [-0.25, -0.2) is 0 Å². The summed E-state index contributed by atoms with van der Waals surface area (Å²) in [4.78, 5) is 1.94. The molecule has 1 aliphatic rings. The standard InChI is InChI=1S/C12H14F3NO/c1-8(16-6-11(17)7-16)9-3-2-4-10(5-9)12(13,14)15/h2-5,8,11,17H,6-7H2,1H3/t8-/m1/s1. The Kier molecular flexibility index (Phi) is 3.14. The van der Waals surface area contributed by atoms with Crippen molar-refractivity contribution in [3.63, 3.8) is 0 Å². The Morgan fingerprint density at radius 2 is 2.00 bits per heavy atom. The molecule has 1 saturated heterocycles. The van der Waals surface area contributed by atoms with Crippen molar-refractivity contribution in [2.45, 2.75) is 25.2 Å². The molecule has 1 aliphatic heterocycles. The summed E-state index contributed by atoms with van der Waals surface area (Å²) >= 11 is 0. The lowest BCUT2D eigenvalue weighted by molar-refractivity contribution is -0.137. The first kappa shape index (κ1) is 12.4. The van der Waals surface area contributed by atoms with E-state index in [4.69, 9.17) is 0 Å². The fourth-order valence-electron chi connectivity index (χ4n) is 1.99. The molecule has 0 spiro atoms. The summed E-state index contributed by atoms with van der Waals surface area (Å²) in [6.45, 7) is 2.90. The molecular weight excluding hydrogens is 231 g/mol. The van der Waals surface area contributed by atoms with Crippen LogP contribution >= 0.6 is 0 Å². The zero-order valence-electron chi connectivity index (χ0n) is 9.41. The van der Waals surface area contributed by atoms with Crippen molar-refractivity contribution >= 4 is 0 Å². The third kappa shape index (κ3) is 2.61. The van der Waals surface area contributed by atoms with Crippen LogP contribution in [-0.4, -0.2) is 29.2 Å². The van der Waals surface area contributed by atoms with Crippen molar-refractivity contribution in [2.75, 3.05) is 13.1 Å². The van der Waals surface area contributed by atoms with Gasteiger partial charge in [0.25, 0.3) is 0 Å². The molecule has 1 aromatic rings. The third-order valence-electron chi connectivity index (χ3n) is 3.13. The molecule has 0 aromatic heterocycles. The quantitative estimate of drug-likeness (QED) is 0.865. The van der Waals surface area contributed by atoms with Gasteiger partial charge in [0.2, 0.25) is 0 Å². The fourth-order valence-corrected chi connectivity index (χ4v) is 1.99. The average Bonchev–Trinajstić information content (AvgIpc) is 2.23. The molecular formula is C12H14F3NO. The number of likely N-dealkylation sites (tertiary alicyclic amines) is 1. The zero-order chi connectivity index (χ0) is 12.6. The van der Waals surface area contributed by atoms with Crippen LogP contribution < -0.4 is 0 Å². The van der Waals surface area contributed by atoms with Crippen molar-refractivity contribution in [2.24, 2.45) is 0 Å². The van der Waals surface area contributed by atoms with Gasteiger partial charge >= 0.3 is 6.18 Å². The van der Waals surface area contributed by atoms with Gasteiger partial charge in [-0.3, -0.25) is 4.90 Å². The van der Waals surface area contributed by atoms with Gasteiger partial charge in [-0.1, -0.05) is 12.1 Å². The predicted molar refractivity (Wildman–Crippen MR) is 57.4 cm³/mol. The van der Waals surface area contributed by atoms with Crippen LogP contribution in [0.25, 0.3) is 0 Å². The maximum absolute atomic E-state index is 12.5. The highest BCUT2D eigenvalue weighted by Gasteiger charge is 2.33. The molecule has 0 saturated carbocycles. The minimum Gasteiger partial charge on any atom is -0.390 e. The van der Waals surface area contributed by atoms with Crippen molar-refractivity contribution in [1.82, 2.24) is 4.90 Å². The highest BCUT2D eigenvalue weighted by atomic mass is 19.4. The summed E-state index contributed by atoms with van der Waals surface area (Å²) in [5.41, 5.74) is 0.00893. The Hall–Kier alpha value is -1.07. The van der Waals surface area contributed by atoms with Crippen molar-refractivity contribution in [1.29, 1.82) is 0 Å².